The van der Waals surface area contributed by atoms with E-state index in [1.54, 1.807) is 0 Å². The van der Waals surface area contributed by atoms with Crippen LogP contribution in [0, 0.1) is 18.3 Å². The van der Waals surface area contributed by atoms with Crippen LogP contribution in [0.4, 0.5) is 5.69 Å². The molecule has 0 saturated heterocycles. The highest BCUT2D eigenvalue weighted by Gasteiger charge is 2.33. The molecule has 0 fully saturated rings. The predicted molar refractivity (Wildman–Crippen MR) is 64.0 cm³/mol. The smallest absolute Gasteiger partial charge is 0.257 e. The molecule has 1 heterocycles. The van der Waals surface area contributed by atoms with Crippen LogP contribution in [0.25, 0.3) is 0 Å². The van der Waals surface area contributed by atoms with Gasteiger partial charge in [-0.2, -0.15) is 5.10 Å². The lowest BCUT2D eigenvalue weighted by Gasteiger charge is -2.12. The highest BCUT2D eigenvalue weighted by Crippen LogP contribution is 2.24. The maximum Gasteiger partial charge on any atom is 0.257 e. The Hall–Kier alpha value is -2.08. The van der Waals surface area contributed by atoms with E-state index in [0.29, 0.717) is 6.42 Å². The van der Waals surface area contributed by atoms with Gasteiger partial charge in [0.15, 0.2) is 0 Å². The molecule has 0 aromatic heterocycles. The van der Waals surface area contributed by atoms with Crippen molar-refractivity contribution in [3.05, 3.63) is 30.3 Å². The van der Waals surface area contributed by atoms with Crippen molar-refractivity contribution >= 4 is 17.3 Å². The lowest BCUT2D eigenvalue weighted by molar-refractivity contribution is -0.119. The number of carbonyl (C=O) groups is 1. The highest BCUT2D eigenvalue weighted by atomic mass is 16.2. The van der Waals surface area contributed by atoms with Gasteiger partial charge in [0.05, 0.1) is 11.6 Å². The topological polar surface area (TPSA) is 32.7 Å². The summed E-state index contributed by atoms with van der Waals surface area (Å²) in [5.74, 6) is 2.21. The van der Waals surface area contributed by atoms with Crippen molar-refractivity contribution in [2.24, 2.45) is 11.0 Å². The summed E-state index contributed by atoms with van der Waals surface area (Å²) < 4.78 is 0. The lowest BCUT2D eigenvalue weighted by Crippen LogP contribution is -2.26. The Balaban J connectivity index is 2.28. The third-order valence-electron chi connectivity index (χ3n) is 2.59. The molecule has 0 bridgehead atoms. The van der Waals surface area contributed by atoms with Crippen LogP contribution in [0.15, 0.2) is 35.4 Å². The van der Waals surface area contributed by atoms with Gasteiger partial charge in [-0.25, -0.2) is 5.01 Å². The average Bonchev–Trinajstić information content (AvgIpc) is 2.59. The molecule has 0 saturated carbocycles. The summed E-state index contributed by atoms with van der Waals surface area (Å²) in [6, 6.07) is 9.36. The number of amides is 1. The second-order valence-corrected chi connectivity index (χ2v) is 3.69. The molecule has 1 aromatic rings. The van der Waals surface area contributed by atoms with Crippen molar-refractivity contribution in [3.8, 4) is 12.3 Å². The largest absolute Gasteiger partial charge is 0.272 e. The fourth-order valence-electron chi connectivity index (χ4n) is 1.71. The number of hydrogen-bond acceptors (Lipinski definition) is 2. The van der Waals surface area contributed by atoms with E-state index in [9.17, 15) is 4.79 Å². The van der Waals surface area contributed by atoms with E-state index in [2.05, 4.69) is 11.0 Å². The van der Waals surface area contributed by atoms with Gasteiger partial charge < -0.3 is 0 Å². The van der Waals surface area contributed by atoms with Gasteiger partial charge in [-0.15, -0.1) is 12.3 Å². The minimum absolute atomic E-state index is 0.0401. The normalized spacial score (nSPS) is 19.5. The molecule has 1 atom stereocenters. The van der Waals surface area contributed by atoms with E-state index in [-0.39, 0.29) is 11.8 Å². The van der Waals surface area contributed by atoms with Crippen LogP contribution in [0.1, 0.15) is 13.3 Å². The molecule has 1 amide bonds. The number of anilines is 1. The number of rotatable bonds is 2. The van der Waals surface area contributed by atoms with Crippen LogP contribution in [0.3, 0.4) is 0 Å². The maximum atomic E-state index is 12.0. The molecule has 3 nitrogen and oxygen atoms in total. The van der Waals surface area contributed by atoms with Gasteiger partial charge in [0.1, 0.15) is 0 Å². The molecule has 3 heteroatoms. The van der Waals surface area contributed by atoms with E-state index in [0.717, 1.165) is 11.4 Å². The fourth-order valence-corrected chi connectivity index (χ4v) is 1.71. The van der Waals surface area contributed by atoms with Crippen LogP contribution in [-0.2, 0) is 4.79 Å². The number of hydrogen-bond donors (Lipinski definition) is 0. The molecular formula is C13H12N2O. The summed E-state index contributed by atoms with van der Waals surface area (Å²) in [6.45, 7) is 1.84. The quantitative estimate of drug-likeness (QED) is 0.690. The van der Waals surface area contributed by atoms with Crippen molar-refractivity contribution in [2.45, 2.75) is 13.3 Å². The Morgan fingerprint density at radius 2 is 2.12 bits per heavy atom. The van der Waals surface area contributed by atoms with E-state index >= 15 is 0 Å². The molecule has 1 unspecified atom stereocenters. The zero-order chi connectivity index (χ0) is 11.5. The standard InChI is InChI=1S/C13H12N2O/c1-3-7-12-10(2)14-15(13(12)16)11-8-5-4-6-9-11/h1,4-6,8-9,12H,7H2,2H3. The molecule has 1 aliphatic rings. The summed E-state index contributed by atoms with van der Waals surface area (Å²) in [5.41, 5.74) is 1.57. The Labute approximate surface area is 94.8 Å². The number of terminal acetylenes is 1. The van der Waals surface area contributed by atoms with Crippen molar-refractivity contribution in [3.63, 3.8) is 0 Å². The Morgan fingerprint density at radius 3 is 2.75 bits per heavy atom. The fraction of sp³-hybridized carbons (Fsp3) is 0.231. The van der Waals surface area contributed by atoms with Crippen molar-refractivity contribution in [1.29, 1.82) is 0 Å². The Morgan fingerprint density at radius 1 is 1.44 bits per heavy atom. The molecular weight excluding hydrogens is 200 g/mol. The minimum atomic E-state index is -0.259. The average molecular weight is 212 g/mol. The lowest BCUT2D eigenvalue weighted by atomic mass is 10.0. The molecule has 0 spiro atoms. The van der Waals surface area contributed by atoms with Gasteiger partial charge in [0.25, 0.3) is 5.91 Å². The zero-order valence-corrected chi connectivity index (χ0v) is 9.05. The first-order valence-electron chi connectivity index (χ1n) is 5.11. The van der Waals surface area contributed by atoms with Gasteiger partial charge in [-0.1, -0.05) is 18.2 Å². The molecule has 2 rings (SSSR count). The van der Waals surface area contributed by atoms with Crippen LogP contribution in [-0.4, -0.2) is 11.6 Å². The number of nitrogens with zero attached hydrogens (tertiary/aromatic N) is 2. The van der Waals surface area contributed by atoms with E-state index in [1.807, 2.05) is 37.3 Å². The van der Waals surface area contributed by atoms with Crippen LogP contribution in [0.5, 0.6) is 0 Å². The second-order valence-electron chi connectivity index (χ2n) is 3.69. The molecule has 0 radical (unpaired) electrons. The first-order chi connectivity index (χ1) is 7.74. The number of carbonyl (C=O) groups excluding carboxylic acids is 1. The van der Waals surface area contributed by atoms with Crippen LogP contribution >= 0.6 is 0 Å². The molecule has 1 aromatic carbocycles. The van der Waals surface area contributed by atoms with E-state index < -0.39 is 0 Å². The van der Waals surface area contributed by atoms with E-state index in [1.165, 1.54) is 5.01 Å². The van der Waals surface area contributed by atoms with Crippen molar-refractivity contribution < 1.29 is 4.79 Å². The molecule has 0 N–H and O–H groups in total. The number of para-hydroxylation sites is 1. The summed E-state index contributed by atoms with van der Waals surface area (Å²) >= 11 is 0. The first kappa shape index (κ1) is 10.4. The maximum absolute atomic E-state index is 12.0. The third-order valence-corrected chi connectivity index (χ3v) is 2.59. The van der Waals surface area contributed by atoms with Gasteiger partial charge in [0.2, 0.25) is 0 Å². The molecule has 1 aliphatic heterocycles. The summed E-state index contributed by atoms with van der Waals surface area (Å²) in [4.78, 5) is 12.0. The summed E-state index contributed by atoms with van der Waals surface area (Å²) in [6.07, 6.45) is 5.66. The molecule has 16 heavy (non-hydrogen) atoms. The zero-order valence-electron chi connectivity index (χ0n) is 9.05. The Kier molecular flexibility index (Phi) is 2.74. The van der Waals surface area contributed by atoms with Gasteiger partial charge in [-0.05, 0) is 19.1 Å². The second kappa shape index (κ2) is 4.19. The van der Waals surface area contributed by atoms with Crippen molar-refractivity contribution in [2.75, 3.05) is 5.01 Å². The SMILES string of the molecule is C#CCC1C(=O)N(c2ccccc2)N=C1C. The van der Waals surface area contributed by atoms with Crippen LogP contribution < -0.4 is 5.01 Å². The summed E-state index contributed by atoms with van der Waals surface area (Å²) in [5, 5.41) is 5.67. The molecule has 80 valence electrons. The number of benzene rings is 1. The predicted octanol–water partition coefficient (Wildman–Crippen LogP) is 2.05. The van der Waals surface area contributed by atoms with E-state index in [4.69, 9.17) is 6.42 Å². The Bertz CT molecular complexity index is 470. The van der Waals surface area contributed by atoms with Crippen molar-refractivity contribution in [1.82, 2.24) is 0 Å². The van der Waals surface area contributed by atoms with Gasteiger partial charge in [0, 0.05) is 12.1 Å². The molecule has 0 aliphatic carbocycles. The van der Waals surface area contributed by atoms with Gasteiger partial charge >= 0.3 is 0 Å². The highest BCUT2D eigenvalue weighted by molar-refractivity contribution is 6.14. The minimum Gasteiger partial charge on any atom is -0.272 e. The summed E-state index contributed by atoms with van der Waals surface area (Å²) in [7, 11) is 0. The van der Waals surface area contributed by atoms with Gasteiger partial charge in [-0.3, -0.25) is 4.79 Å². The number of hydrazone groups is 1. The first-order valence-corrected chi connectivity index (χ1v) is 5.11. The monoisotopic (exact) mass is 212 g/mol. The van der Waals surface area contributed by atoms with Crippen LogP contribution in [0.2, 0.25) is 0 Å². The third kappa shape index (κ3) is 1.70.